The van der Waals surface area contributed by atoms with Gasteiger partial charge in [0.15, 0.2) is 11.6 Å². The Morgan fingerprint density at radius 1 is 0.677 bits per heavy atom. The molecule has 4 aromatic carbocycles. The van der Waals surface area contributed by atoms with Gasteiger partial charge in [-0.05, 0) is 69.3 Å². The van der Waals surface area contributed by atoms with Crippen LogP contribution in [0, 0.1) is 18.8 Å². The second-order valence-corrected chi connectivity index (χ2v) is 8.91. The average Bonchev–Trinajstić information content (AvgIpc) is 2.78. The van der Waals surface area contributed by atoms with Crippen LogP contribution < -0.4 is 0 Å². The summed E-state index contributed by atoms with van der Waals surface area (Å²) in [6.45, 7) is 2.12. The van der Waals surface area contributed by atoms with E-state index in [0.717, 1.165) is 10.9 Å². The van der Waals surface area contributed by atoms with E-state index in [1.54, 1.807) is 0 Å². The van der Waals surface area contributed by atoms with Gasteiger partial charge < -0.3 is 0 Å². The largest absolute Gasteiger partial charge is 0.295 e. The summed E-state index contributed by atoms with van der Waals surface area (Å²) in [5.74, 6) is -0.606. The van der Waals surface area contributed by atoms with Crippen LogP contribution >= 0.6 is 0 Å². The number of hydrogen-bond acceptors (Lipinski definition) is 2. The molecule has 3 atom stereocenters. The van der Waals surface area contributed by atoms with Gasteiger partial charge in [0, 0.05) is 17.8 Å². The number of allylic oxidation sites excluding steroid dienone is 2. The standard InChI is InChI=1S/C29H22O2/c1-17-12-18-6-2-4-8-20(18)14-23(17)28-24-15-21-9-5-3-7-19(21)13-22(24)16-25-26(30)10-11-27(31)29(25)28/h2-15,25,28-29H,16H2,1H3. The zero-order chi connectivity index (χ0) is 21.1. The summed E-state index contributed by atoms with van der Waals surface area (Å²) in [7, 11) is 0. The Morgan fingerprint density at radius 2 is 1.23 bits per heavy atom. The molecule has 0 amide bonds. The van der Waals surface area contributed by atoms with Crippen LogP contribution in [0.4, 0.5) is 0 Å². The summed E-state index contributed by atoms with van der Waals surface area (Å²) in [6.07, 6.45) is 3.61. The lowest BCUT2D eigenvalue weighted by molar-refractivity contribution is -0.129. The molecule has 0 N–H and O–H groups in total. The third-order valence-electron chi connectivity index (χ3n) is 7.15. The Balaban J connectivity index is 1.66. The first-order valence-corrected chi connectivity index (χ1v) is 10.9. The third kappa shape index (κ3) is 2.79. The summed E-state index contributed by atoms with van der Waals surface area (Å²) in [4.78, 5) is 26.0. The van der Waals surface area contributed by atoms with Crippen molar-refractivity contribution in [1.82, 2.24) is 0 Å². The molecule has 4 aromatic rings. The van der Waals surface area contributed by atoms with Gasteiger partial charge in [0.2, 0.25) is 0 Å². The first kappa shape index (κ1) is 18.3. The molecule has 31 heavy (non-hydrogen) atoms. The van der Waals surface area contributed by atoms with E-state index in [1.807, 2.05) is 18.2 Å². The summed E-state index contributed by atoms with van der Waals surface area (Å²) in [5.41, 5.74) is 4.70. The van der Waals surface area contributed by atoms with Gasteiger partial charge in [-0.2, -0.15) is 0 Å². The molecule has 0 saturated carbocycles. The molecule has 0 heterocycles. The highest BCUT2D eigenvalue weighted by atomic mass is 16.1. The fraction of sp³-hybridized carbons (Fsp3) is 0.172. The van der Waals surface area contributed by atoms with Crippen LogP contribution in [-0.4, -0.2) is 11.6 Å². The second-order valence-electron chi connectivity index (χ2n) is 8.91. The minimum absolute atomic E-state index is 0.0703. The fourth-order valence-corrected chi connectivity index (χ4v) is 5.67. The van der Waals surface area contributed by atoms with Crippen LogP contribution in [0.5, 0.6) is 0 Å². The molecule has 0 saturated heterocycles. The number of hydrogen-bond donors (Lipinski definition) is 0. The predicted molar refractivity (Wildman–Crippen MR) is 124 cm³/mol. The summed E-state index contributed by atoms with van der Waals surface area (Å²) >= 11 is 0. The SMILES string of the molecule is Cc1cc2ccccc2cc1C1c2cc3ccccc3cc2CC2C(=O)C=CC(=O)C21. The van der Waals surface area contributed by atoms with Crippen LogP contribution in [0.2, 0.25) is 0 Å². The lowest BCUT2D eigenvalue weighted by Gasteiger charge is -2.40. The van der Waals surface area contributed by atoms with Gasteiger partial charge in [0.1, 0.15) is 0 Å². The van der Waals surface area contributed by atoms with Crippen molar-refractivity contribution >= 4 is 33.1 Å². The monoisotopic (exact) mass is 402 g/mol. The molecule has 2 aliphatic rings. The molecule has 2 aliphatic carbocycles. The van der Waals surface area contributed by atoms with Crippen molar-refractivity contribution in [3.05, 3.63) is 107 Å². The van der Waals surface area contributed by atoms with Crippen molar-refractivity contribution < 1.29 is 9.59 Å². The van der Waals surface area contributed by atoms with Crippen molar-refractivity contribution in [2.75, 3.05) is 0 Å². The minimum atomic E-state index is -0.342. The highest BCUT2D eigenvalue weighted by Crippen LogP contribution is 2.48. The van der Waals surface area contributed by atoms with E-state index in [2.05, 4.69) is 61.5 Å². The minimum Gasteiger partial charge on any atom is -0.295 e. The van der Waals surface area contributed by atoms with E-state index in [4.69, 9.17) is 0 Å². The zero-order valence-corrected chi connectivity index (χ0v) is 17.3. The molecular weight excluding hydrogens is 380 g/mol. The van der Waals surface area contributed by atoms with Crippen molar-refractivity contribution in [2.24, 2.45) is 11.8 Å². The Morgan fingerprint density at radius 3 is 1.90 bits per heavy atom. The van der Waals surface area contributed by atoms with E-state index >= 15 is 0 Å². The maximum Gasteiger partial charge on any atom is 0.160 e. The molecule has 0 aromatic heterocycles. The van der Waals surface area contributed by atoms with Crippen LogP contribution in [0.15, 0.2) is 84.9 Å². The molecular formula is C29H22O2. The van der Waals surface area contributed by atoms with E-state index in [9.17, 15) is 9.59 Å². The predicted octanol–water partition coefficient (Wildman–Crippen LogP) is 5.93. The van der Waals surface area contributed by atoms with Crippen LogP contribution in [0.1, 0.15) is 28.2 Å². The van der Waals surface area contributed by atoms with E-state index < -0.39 is 0 Å². The van der Waals surface area contributed by atoms with Gasteiger partial charge in [-0.15, -0.1) is 0 Å². The van der Waals surface area contributed by atoms with E-state index in [0.29, 0.717) is 6.42 Å². The van der Waals surface area contributed by atoms with Crippen LogP contribution in [-0.2, 0) is 16.0 Å². The van der Waals surface area contributed by atoms with Crippen molar-refractivity contribution in [3.63, 3.8) is 0 Å². The van der Waals surface area contributed by atoms with E-state index in [-0.39, 0.29) is 29.3 Å². The molecule has 0 aliphatic heterocycles. The normalized spacial score (nSPS) is 22.5. The highest BCUT2D eigenvalue weighted by molar-refractivity contribution is 6.08. The lowest BCUT2D eigenvalue weighted by atomic mass is 9.61. The number of aryl methyl sites for hydroxylation is 1. The average molecular weight is 402 g/mol. The van der Waals surface area contributed by atoms with Gasteiger partial charge in [-0.1, -0.05) is 72.8 Å². The number of carbonyl (C=O) groups is 2. The third-order valence-corrected chi connectivity index (χ3v) is 7.15. The van der Waals surface area contributed by atoms with Crippen molar-refractivity contribution in [2.45, 2.75) is 19.3 Å². The van der Waals surface area contributed by atoms with E-state index in [1.165, 1.54) is 45.0 Å². The quantitative estimate of drug-likeness (QED) is 0.395. The summed E-state index contributed by atoms with van der Waals surface area (Å²) in [6, 6.07) is 25.6. The number of fused-ring (bicyclic) bond motifs is 4. The van der Waals surface area contributed by atoms with Gasteiger partial charge in [0.25, 0.3) is 0 Å². The Kier molecular flexibility index (Phi) is 3.97. The Hall–Kier alpha value is -3.52. The molecule has 150 valence electrons. The van der Waals surface area contributed by atoms with Crippen molar-refractivity contribution in [1.29, 1.82) is 0 Å². The molecule has 0 spiro atoms. The number of benzene rings is 4. The van der Waals surface area contributed by atoms with Gasteiger partial charge in [-0.25, -0.2) is 0 Å². The maximum atomic E-state index is 13.2. The zero-order valence-electron chi connectivity index (χ0n) is 17.3. The lowest BCUT2D eigenvalue weighted by Crippen LogP contribution is -2.41. The fourth-order valence-electron chi connectivity index (χ4n) is 5.67. The number of carbonyl (C=O) groups excluding carboxylic acids is 2. The topological polar surface area (TPSA) is 34.1 Å². The Labute approximate surface area is 181 Å². The van der Waals surface area contributed by atoms with Gasteiger partial charge in [-0.3, -0.25) is 9.59 Å². The first-order chi connectivity index (χ1) is 15.1. The second kappa shape index (κ2) is 6.75. The highest BCUT2D eigenvalue weighted by Gasteiger charge is 2.45. The molecule has 2 nitrogen and oxygen atoms in total. The smallest absolute Gasteiger partial charge is 0.160 e. The van der Waals surface area contributed by atoms with Crippen molar-refractivity contribution in [3.8, 4) is 0 Å². The van der Waals surface area contributed by atoms with Gasteiger partial charge in [0.05, 0.1) is 0 Å². The summed E-state index contributed by atoms with van der Waals surface area (Å²) < 4.78 is 0. The number of rotatable bonds is 1. The molecule has 3 unspecified atom stereocenters. The molecule has 0 fully saturated rings. The van der Waals surface area contributed by atoms with Gasteiger partial charge >= 0.3 is 0 Å². The van der Waals surface area contributed by atoms with Crippen LogP contribution in [0.3, 0.4) is 0 Å². The molecule has 0 radical (unpaired) electrons. The maximum absolute atomic E-state index is 13.2. The number of ketones is 2. The summed E-state index contributed by atoms with van der Waals surface area (Å²) in [5, 5.41) is 4.71. The molecule has 0 bridgehead atoms. The van der Waals surface area contributed by atoms with Crippen LogP contribution in [0.25, 0.3) is 21.5 Å². The molecule has 2 heteroatoms. The Bertz CT molecular complexity index is 1430. The first-order valence-electron chi connectivity index (χ1n) is 10.9. The molecule has 6 rings (SSSR count).